The molecule has 0 atom stereocenters. The van der Waals surface area contributed by atoms with Gasteiger partial charge in [0, 0.05) is 38.5 Å². The molecule has 0 saturated heterocycles. The zero-order chi connectivity index (χ0) is 40.5. The topological polar surface area (TPSA) is 16.4 Å². The zero-order valence-corrected chi connectivity index (χ0v) is 35.6. The van der Waals surface area contributed by atoms with Gasteiger partial charge in [0.2, 0.25) is 0 Å². The van der Waals surface area contributed by atoms with Gasteiger partial charge in [-0.1, -0.05) is 172 Å². The Morgan fingerprint density at radius 3 is 1.79 bits per heavy atom. The van der Waals surface area contributed by atoms with E-state index in [0.29, 0.717) is 0 Å². The Labute approximate surface area is 344 Å². The molecule has 2 heteroatoms. The second-order valence-corrected chi connectivity index (χ2v) is 19.9. The van der Waals surface area contributed by atoms with Gasteiger partial charge < -0.3 is 9.32 Å². The Hall–Kier alpha value is -5.86. The predicted octanol–water partition coefficient (Wildman–Crippen LogP) is 15.9. The van der Waals surface area contributed by atoms with E-state index in [2.05, 4.69) is 208 Å². The average molecular weight is 756 g/mol. The van der Waals surface area contributed by atoms with E-state index in [0.717, 1.165) is 44.4 Å². The second-order valence-electron chi connectivity index (χ2n) is 19.9. The smallest absolute Gasteiger partial charge is 0.143 e. The zero-order valence-electron chi connectivity index (χ0n) is 35.6. The fourth-order valence-corrected chi connectivity index (χ4v) is 10.0. The molecule has 0 unspecified atom stereocenters. The third-order valence-electron chi connectivity index (χ3n) is 13.4. The third-order valence-corrected chi connectivity index (χ3v) is 13.4. The first-order valence-electron chi connectivity index (χ1n) is 20.9. The maximum absolute atomic E-state index is 6.50. The maximum atomic E-state index is 6.50. The molecular formula is C56H53NO. The SMILES string of the molecule is CC(C)(C)c1ccc2c(c1)C(C)(C)c1cc(C(C)(C)C)c(N(c3ccc(-c4cccc5c4oc4ccccc45)cc3)c3ccc4c(c3)C(C)(C)c3ccccc3-4)cc1-2. The molecule has 58 heavy (non-hydrogen) atoms. The predicted molar refractivity (Wildman–Crippen MR) is 246 cm³/mol. The molecule has 0 N–H and O–H groups in total. The highest BCUT2D eigenvalue weighted by Gasteiger charge is 2.40. The number of furan rings is 1. The van der Waals surface area contributed by atoms with E-state index in [4.69, 9.17) is 4.42 Å². The van der Waals surface area contributed by atoms with Crippen LogP contribution in [0, 0.1) is 0 Å². The Balaban J connectivity index is 1.19. The van der Waals surface area contributed by atoms with Crippen LogP contribution in [0.2, 0.25) is 0 Å². The Morgan fingerprint density at radius 2 is 1.03 bits per heavy atom. The van der Waals surface area contributed by atoms with Crippen LogP contribution in [0.15, 0.2) is 144 Å². The van der Waals surface area contributed by atoms with Gasteiger partial charge in [-0.15, -0.1) is 0 Å². The molecule has 0 amide bonds. The van der Waals surface area contributed by atoms with E-state index in [1.54, 1.807) is 0 Å². The van der Waals surface area contributed by atoms with Gasteiger partial charge in [-0.3, -0.25) is 0 Å². The van der Waals surface area contributed by atoms with Gasteiger partial charge in [-0.2, -0.15) is 0 Å². The van der Waals surface area contributed by atoms with Crippen molar-refractivity contribution in [1.82, 2.24) is 0 Å². The van der Waals surface area contributed by atoms with Crippen LogP contribution >= 0.6 is 0 Å². The summed E-state index contributed by atoms with van der Waals surface area (Å²) in [7, 11) is 0. The molecule has 0 saturated carbocycles. The fraction of sp³-hybridized carbons (Fsp3) is 0.250. The normalized spacial score (nSPS) is 15.0. The minimum atomic E-state index is -0.132. The van der Waals surface area contributed by atoms with Gasteiger partial charge in [0.05, 0.1) is 5.69 Å². The molecule has 0 bridgehead atoms. The molecule has 8 aromatic rings. The Kier molecular flexibility index (Phi) is 7.75. The van der Waals surface area contributed by atoms with Crippen molar-refractivity contribution in [2.75, 3.05) is 4.90 Å². The van der Waals surface area contributed by atoms with E-state index in [1.807, 2.05) is 6.07 Å². The van der Waals surface area contributed by atoms with Crippen molar-refractivity contribution in [3.8, 4) is 33.4 Å². The molecular weight excluding hydrogens is 703 g/mol. The minimum absolute atomic E-state index is 0.0709. The van der Waals surface area contributed by atoms with Crippen LogP contribution < -0.4 is 4.90 Å². The summed E-state index contributed by atoms with van der Waals surface area (Å²) < 4.78 is 6.50. The summed E-state index contributed by atoms with van der Waals surface area (Å²) in [5.74, 6) is 0. The highest BCUT2D eigenvalue weighted by Crippen LogP contribution is 2.55. The Morgan fingerprint density at radius 1 is 0.448 bits per heavy atom. The summed E-state index contributed by atoms with van der Waals surface area (Å²) in [6.45, 7) is 23.6. The first kappa shape index (κ1) is 36.5. The summed E-state index contributed by atoms with van der Waals surface area (Å²) in [6.07, 6.45) is 0. The van der Waals surface area contributed by atoms with Crippen LogP contribution in [-0.2, 0) is 21.7 Å². The summed E-state index contributed by atoms with van der Waals surface area (Å²) in [5, 5.41) is 2.29. The summed E-state index contributed by atoms with van der Waals surface area (Å²) in [6, 6.07) is 52.3. The van der Waals surface area contributed by atoms with Crippen LogP contribution in [0.25, 0.3) is 55.3 Å². The molecule has 2 nitrogen and oxygen atoms in total. The lowest BCUT2D eigenvalue weighted by Gasteiger charge is -2.34. The molecule has 1 heterocycles. The molecule has 0 radical (unpaired) electrons. The highest BCUT2D eigenvalue weighted by molar-refractivity contribution is 6.09. The monoisotopic (exact) mass is 755 g/mol. The number of benzene rings is 7. The van der Waals surface area contributed by atoms with Crippen molar-refractivity contribution < 1.29 is 4.42 Å². The third kappa shape index (κ3) is 5.37. The minimum Gasteiger partial charge on any atom is -0.455 e. The number of rotatable bonds is 4. The molecule has 1 aromatic heterocycles. The van der Waals surface area contributed by atoms with Gasteiger partial charge in [-0.05, 0) is 108 Å². The van der Waals surface area contributed by atoms with Crippen LogP contribution in [0.3, 0.4) is 0 Å². The standard InChI is InChI=1S/C56H53NO/c1-53(2,3)35-24-28-41-44-32-50(49(54(4,5)6)33-48(44)56(9,10)46(41)30-35)57(37-27-29-40-39-16-11-13-20-45(39)55(7,8)47(40)31-37)36-25-22-34(23-26-36)38-18-15-19-43-42-17-12-14-21-51(42)58-52(38)43/h11-33H,1-10H3. The van der Waals surface area contributed by atoms with Gasteiger partial charge in [0.25, 0.3) is 0 Å². The van der Waals surface area contributed by atoms with E-state index in [1.165, 1.54) is 61.3 Å². The first-order valence-corrected chi connectivity index (χ1v) is 20.9. The lowest BCUT2D eigenvalue weighted by atomic mass is 9.77. The van der Waals surface area contributed by atoms with Crippen molar-refractivity contribution in [3.05, 3.63) is 173 Å². The molecule has 288 valence electrons. The highest BCUT2D eigenvalue weighted by atomic mass is 16.3. The Bertz CT molecular complexity index is 2960. The summed E-state index contributed by atoms with van der Waals surface area (Å²) >= 11 is 0. The molecule has 0 fully saturated rings. The molecule has 7 aromatic carbocycles. The first-order chi connectivity index (χ1) is 27.5. The van der Waals surface area contributed by atoms with Crippen LogP contribution in [0.4, 0.5) is 17.1 Å². The van der Waals surface area contributed by atoms with E-state index in [-0.39, 0.29) is 21.7 Å². The van der Waals surface area contributed by atoms with E-state index < -0.39 is 0 Å². The molecule has 2 aliphatic rings. The average Bonchev–Trinajstić information content (AvgIpc) is 3.77. The van der Waals surface area contributed by atoms with Crippen LogP contribution in [-0.4, -0.2) is 0 Å². The molecule has 2 aliphatic carbocycles. The molecule has 0 spiro atoms. The molecule has 10 rings (SSSR count). The van der Waals surface area contributed by atoms with Crippen LogP contribution in [0.5, 0.6) is 0 Å². The van der Waals surface area contributed by atoms with Crippen molar-refractivity contribution in [2.24, 2.45) is 0 Å². The quantitative estimate of drug-likeness (QED) is 0.178. The lowest BCUT2D eigenvalue weighted by Crippen LogP contribution is -2.22. The van der Waals surface area contributed by atoms with Gasteiger partial charge in [-0.25, -0.2) is 0 Å². The van der Waals surface area contributed by atoms with Gasteiger partial charge in [0.15, 0.2) is 0 Å². The van der Waals surface area contributed by atoms with Crippen molar-refractivity contribution >= 4 is 39.0 Å². The summed E-state index contributed by atoms with van der Waals surface area (Å²) in [5.41, 5.74) is 20.9. The number of anilines is 3. The van der Waals surface area contributed by atoms with E-state index in [9.17, 15) is 0 Å². The maximum Gasteiger partial charge on any atom is 0.143 e. The fourth-order valence-electron chi connectivity index (χ4n) is 10.0. The second kappa shape index (κ2) is 12.3. The van der Waals surface area contributed by atoms with Gasteiger partial charge in [0.1, 0.15) is 11.2 Å². The lowest BCUT2D eigenvalue weighted by molar-refractivity contribution is 0.580. The van der Waals surface area contributed by atoms with E-state index >= 15 is 0 Å². The largest absolute Gasteiger partial charge is 0.455 e. The van der Waals surface area contributed by atoms with Crippen molar-refractivity contribution in [2.45, 2.75) is 90.9 Å². The number of hydrogen-bond donors (Lipinski definition) is 0. The molecule has 0 aliphatic heterocycles. The number of para-hydroxylation sites is 2. The van der Waals surface area contributed by atoms with Gasteiger partial charge >= 0.3 is 0 Å². The number of fused-ring (bicyclic) bond motifs is 9. The number of hydrogen-bond acceptors (Lipinski definition) is 2. The summed E-state index contributed by atoms with van der Waals surface area (Å²) in [4.78, 5) is 2.53. The van der Waals surface area contributed by atoms with Crippen molar-refractivity contribution in [3.63, 3.8) is 0 Å². The van der Waals surface area contributed by atoms with Crippen LogP contribution in [0.1, 0.15) is 103 Å². The van der Waals surface area contributed by atoms with Crippen molar-refractivity contribution in [1.29, 1.82) is 0 Å². The number of nitrogens with zero attached hydrogens (tertiary/aromatic N) is 1.